The summed E-state index contributed by atoms with van der Waals surface area (Å²) in [5, 5.41) is 19.3. The minimum absolute atomic E-state index is 0. The van der Waals surface area contributed by atoms with Gasteiger partial charge in [-0.05, 0) is 83.2 Å². The van der Waals surface area contributed by atoms with E-state index in [0.717, 1.165) is 51.5 Å². The second kappa shape index (κ2) is 37.2. The maximum Gasteiger partial charge on any atom is 0.311 e. The van der Waals surface area contributed by atoms with Crippen LogP contribution in [0.5, 0.6) is 0 Å². The van der Waals surface area contributed by atoms with Gasteiger partial charge in [-0.2, -0.15) is 0 Å². The molecule has 5 nitrogen and oxygen atoms in total. The Hall–Kier alpha value is -1.59. The largest absolute Gasteiger partial charge is 0.465 e. The summed E-state index contributed by atoms with van der Waals surface area (Å²) < 4.78 is 5.55. The monoisotopic (exact) mass is 721 g/mol. The van der Waals surface area contributed by atoms with E-state index in [2.05, 4.69) is 55.3 Å². The molecule has 1 aliphatic heterocycles. The van der Waals surface area contributed by atoms with Crippen molar-refractivity contribution in [3.63, 3.8) is 0 Å². The Labute approximate surface area is 316 Å². The highest BCUT2D eigenvalue weighted by Crippen LogP contribution is 2.20. The molecule has 1 aliphatic rings. The summed E-state index contributed by atoms with van der Waals surface area (Å²) in [6.45, 7) is 5.76. The first-order valence-electron chi connectivity index (χ1n) is 21.2. The zero-order chi connectivity index (χ0) is 35.5. The fraction of sp³-hybridized carbons (Fsp3) is 0.818. The van der Waals surface area contributed by atoms with Crippen LogP contribution >= 0.6 is 12.4 Å². The molecule has 0 saturated heterocycles. The van der Waals surface area contributed by atoms with Crippen LogP contribution in [0.15, 0.2) is 36.6 Å². The van der Waals surface area contributed by atoms with E-state index in [9.17, 15) is 9.90 Å². The molecule has 2 unspecified atom stereocenters. The van der Waals surface area contributed by atoms with Crippen LogP contribution in [-0.4, -0.2) is 47.0 Å². The predicted molar refractivity (Wildman–Crippen MR) is 220 cm³/mol. The van der Waals surface area contributed by atoms with Gasteiger partial charge in [-0.15, -0.1) is 12.4 Å². The number of nitrogens with zero attached hydrogens (tertiary/aromatic N) is 1. The van der Waals surface area contributed by atoms with Gasteiger partial charge in [0.15, 0.2) is 0 Å². The number of carbonyl (C=O) groups is 1. The summed E-state index contributed by atoms with van der Waals surface area (Å²) in [6.07, 6.45) is 48.1. The van der Waals surface area contributed by atoms with E-state index in [0.29, 0.717) is 25.2 Å². The molecule has 0 spiro atoms. The molecule has 0 aromatic rings. The van der Waals surface area contributed by atoms with Crippen molar-refractivity contribution in [1.82, 2.24) is 4.90 Å². The van der Waals surface area contributed by atoms with Crippen LogP contribution in [0.1, 0.15) is 206 Å². The SMILES string of the molecule is CCCCCCCC/C=C\CCCCCCCCC(O)C(CCOC(=O)CC(=N)CCCCC/C=C\CCCCCCCC)N1C=CCC1.Cl. The normalized spacial score (nSPS) is 14.1. The molecule has 1 rings (SSSR count). The van der Waals surface area contributed by atoms with E-state index in [1.165, 1.54) is 128 Å². The van der Waals surface area contributed by atoms with Crippen LogP contribution < -0.4 is 0 Å². The first-order chi connectivity index (χ1) is 24.1. The average molecular weight is 722 g/mol. The Bertz CT molecular complexity index is 858. The summed E-state index contributed by atoms with van der Waals surface area (Å²) in [6, 6.07) is -0.0195. The number of esters is 1. The van der Waals surface area contributed by atoms with Crippen LogP contribution in [0.2, 0.25) is 0 Å². The lowest BCUT2D eigenvalue weighted by molar-refractivity contribution is -0.142. The van der Waals surface area contributed by atoms with Crippen molar-refractivity contribution in [3.05, 3.63) is 36.6 Å². The van der Waals surface area contributed by atoms with Gasteiger partial charge in [0.1, 0.15) is 0 Å². The number of unbranched alkanes of at least 4 members (excludes halogenated alkanes) is 21. The fourth-order valence-electron chi connectivity index (χ4n) is 6.82. The van der Waals surface area contributed by atoms with Crippen LogP contribution in [0, 0.1) is 5.41 Å². The third-order valence-corrected chi connectivity index (χ3v) is 10.0. The van der Waals surface area contributed by atoms with E-state index in [1.807, 2.05) is 0 Å². The molecule has 2 atom stereocenters. The maximum atomic E-state index is 12.4. The molecular weight excluding hydrogens is 640 g/mol. The highest BCUT2D eigenvalue weighted by atomic mass is 35.5. The zero-order valence-electron chi connectivity index (χ0n) is 32.9. The number of hydrogen-bond donors (Lipinski definition) is 2. The van der Waals surface area contributed by atoms with E-state index in [-0.39, 0.29) is 30.8 Å². The first kappa shape index (κ1) is 48.4. The highest BCUT2D eigenvalue weighted by molar-refractivity contribution is 5.97. The van der Waals surface area contributed by atoms with Gasteiger partial charge in [-0.1, -0.05) is 147 Å². The van der Waals surface area contributed by atoms with Gasteiger partial charge < -0.3 is 20.2 Å². The Balaban J connectivity index is 0.0000240. The smallest absolute Gasteiger partial charge is 0.311 e. The Kier molecular flexibility index (Phi) is 36.0. The quantitative estimate of drug-likeness (QED) is 0.0292. The number of allylic oxidation sites excluding steroid dienone is 4. The Morgan fingerprint density at radius 3 is 1.64 bits per heavy atom. The van der Waals surface area contributed by atoms with Crippen LogP contribution in [0.3, 0.4) is 0 Å². The molecule has 1 heterocycles. The topological polar surface area (TPSA) is 73.6 Å². The molecule has 0 amide bonds. The standard InChI is InChI=1S/C44H80N2O3.ClH/c1-3-5-7-9-11-13-15-17-18-19-21-23-25-27-29-31-35-43(47)42(46-37-32-33-38-46)36-39-49-44(48)40-41(45)34-30-28-26-24-22-20-16-14-12-10-8-6-4-2;/h17-18,20,22,32,37,42-43,45,47H,3-16,19,21,23-31,33-36,38-40H2,1-2H3;1H/b18-17-,22-20-,45-41?;. The molecule has 292 valence electrons. The minimum atomic E-state index is -0.415. The Morgan fingerprint density at radius 2 is 1.16 bits per heavy atom. The minimum Gasteiger partial charge on any atom is -0.465 e. The summed E-state index contributed by atoms with van der Waals surface area (Å²) in [5.74, 6) is -0.305. The molecule has 0 aliphatic carbocycles. The number of carbonyl (C=O) groups excluding carboxylic acids is 1. The molecule has 50 heavy (non-hydrogen) atoms. The van der Waals surface area contributed by atoms with E-state index < -0.39 is 6.10 Å². The number of aliphatic hydroxyl groups is 1. The summed E-state index contributed by atoms with van der Waals surface area (Å²) in [4.78, 5) is 14.7. The second-order valence-electron chi connectivity index (χ2n) is 14.7. The van der Waals surface area contributed by atoms with Crippen molar-refractivity contribution >= 4 is 24.1 Å². The van der Waals surface area contributed by atoms with E-state index in [1.54, 1.807) is 0 Å². The fourth-order valence-corrected chi connectivity index (χ4v) is 6.82. The molecule has 0 radical (unpaired) electrons. The van der Waals surface area contributed by atoms with Crippen molar-refractivity contribution in [1.29, 1.82) is 5.41 Å². The molecule has 6 heteroatoms. The van der Waals surface area contributed by atoms with Crippen LogP contribution in [0.4, 0.5) is 0 Å². The van der Waals surface area contributed by atoms with Crippen molar-refractivity contribution in [2.45, 2.75) is 219 Å². The van der Waals surface area contributed by atoms with Crippen molar-refractivity contribution < 1.29 is 14.6 Å². The lowest BCUT2D eigenvalue weighted by Crippen LogP contribution is -2.40. The number of halogens is 1. The average Bonchev–Trinajstić information content (AvgIpc) is 3.63. The maximum absolute atomic E-state index is 12.4. The molecular formula is C44H81ClN2O3. The summed E-state index contributed by atoms with van der Waals surface area (Å²) in [5.41, 5.74) is 0.475. The van der Waals surface area contributed by atoms with Gasteiger partial charge in [0.2, 0.25) is 0 Å². The lowest BCUT2D eigenvalue weighted by atomic mass is 9.99. The van der Waals surface area contributed by atoms with Gasteiger partial charge in [-0.25, -0.2) is 0 Å². The highest BCUT2D eigenvalue weighted by Gasteiger charge is 2.25. The van der Waals surface area contributed by atoms with Crippen LogP contribution in [0.25, 0.3) is 0 Å². The van der Waals surface area contributed by atoms with Crippen molar-refractivity contribution in [2.75, 3.05) is 13.2 Å². The lowest BCUT2D eigenvalue weighted by Gasteiger charge is -2.32. The van der Waals surface area contributed by atoms with Gasteiger partial charge in [0.25, 0.3) is 0 Å². The molecule has 0 fully saturated rings. The number of ether oxygens (including phenoxy) is 1. The molecule has 2 N–H and O–H groups in total. The molecule has 0 aromatic heterocycles. The number of aliphatic hydroxyl groups excluding tert-OH is 1. The number of nitrogens with one attached hydrogen (secondary N) is 1. The molecule has 0 saturated carbocycles. The Morgan fingerprint density at radius 1 is 0.700 bits per heavy atom. The van der Waals surface area contributed by atoms with Gasteiger partial charge in [0.05, 0.1) is 25.2 Å². The van der Waals surface area contributed by atoms with Crippen molar-refractivity contribution in [3.8, 4) is 0 Å². The summed E-state index contributed by atoms with van der Waals surface area (Å²) in [7, 11) is 0. The zero-order valence-corrected chi connectivity index (χ0v) is 33.7. The van der Waals surface area contributed by atoms with Gasteiger partial charge in [0, 0.05) is 18.7 Å². The second-order valence-corrected chi connectivity index (χ2v) is 14.7. The number of rotatable bonds is 36. The van der Waals surface area contributed by atoms with Gasteiger partial charge >= 0.3 is 5.97 Å². The van der Waals surface area contributed by atoms with E-state index in [4.69, 9.17) is 10.1 Å². The van der Waals surface area contributed by atoms with E-state index >= 15 is 0 Å². The molecule has 0 bridgehead atoms. The number of hydrogen-bond acceptors (Lipinski definition) is 5. The third kappa shape index (κ3) is 30.1. The predicted octanol–water partition coefficient (Wildman–Crippen LogP) is 13.4. The van der Waals surface area contributed by atoms with Gasteiger partial charge in [-0.3, -0.25) is 4.79 Å². The third-order valence-electron chi connectivity index (χ3n) is 10.0. The van der Waals surface area contributed by atoms with Crippen molar-refractivity contribution in [2.24, 2.45) is 0 Å². The van der Waals surface area contributed by atoms with Crippen LogP contribution in [-0.2, 0) is 9.53 Å². The summed E-state index contributed by atoms with van der Waals surface area (Å²) >= 11 is 0. The molecule has 0 aromatic carbocycles. The first-order valence-corrected chi connectivity index (χ1v) is 21.2.